The minimum Gasteiger partial charge on any atom is -0.484 e. The van der Waals surface area contributed by atoms with Crippen molar-refractivity contribution in [1.82, 2.24) is 15.0 Å². The van der Waals surface area contributed by atoms with E-state index in [1.54, 1.807) is 29.2 Å². The lowest BCUT2D eigenvalue weighted by Crippen LogP contribution is -2.34. The van der Waals surface area contributed by atoms with Gasteiger partial charge in [0.15, 0.2) is 12.4 Å². The van der Waals surface area contributed by atoms with E-state index in [1.165, 1.54) is 0 Å². The van der Waals surface area contributed by atoms with Crippen molar-refractivity contribution in [2.24, 2.45) is 0 Å². The maximum absolute atomic E-state index is 12.5. The predicted molar refractivity (Wildman–Crippen MR) is 86.6 cm³/mol. The molecule has 1 aromatic heterocycles. The quantitative estimate of drug-likeness (QED) is 0.832. The molecule has 0 radical (unpaired) electrons. The lowest BCUT2D eigenvalue weighted by molar-refractivity contribution is -0.134. The fraction of sp³-hybridized carbons (Fsp3) is 0.444. The van der Waals surface area contributed by atoms with Gasteiger partial charge in [-0.15, -0.1) is 0 Å². The first kappa shape index (κ1) is 15.6. The van der Waals surface area contributed by atoms with E-state index in [0.717, 1.165) is 25.7 Å². The highest BCUT2D eigenvalue weighted by Crippen LogP contribution is 2.40. The molecular formula is C18H18N4O3. The van der Waals surface area contributed by atoms with Crippen molar-refractivity contribution in [3.05, 3.63) is 41.5 Å². The van der Waals surface area contributed by atoms with Crippen molar-refractivity contribution >= 4 is 5.91 Å². The van der Waals surface area contributed by atoms with Gasteiger partial charge in [0.25, 0.3) is 5.91 Å². The maximum atomic E-state index is 12.5. The first-order chi connectivity index (χ1) is 12.2. The highest BCUT2D eigenvalue weighted by molar-refractivity contribution is 5.78. The van der Waals surface area contributed by atoms with Gasteiger partial charge in [-0.2, -0.15) is 10.2 Å². The topological polar surface area (TPSA) is 92.2 Å². The van der Waals surface area contributed by atoms with Crippen LogP contribution < -0.4 is 4.74 Å². The lowest BCUT2D eigenvalue weighted by atomic mass is 10.2. The van der Waals surface area contributed by atoms with Crippen LogP contribution in [0.15, 0.2) is 28.8 Å². The Morgan fingerprint density at radius 1 is 1.32 bits per heavy atom. The highest BCUT2D eigenvalue weighted by atomic mass is 16.5. The van der Waals surface area contributed by atoms with Crippen molar-refractivity contribution in [3.63, 3.8) is 0 Å². The average molecular weight is 338 g/mol. The molecule has 7 heteroatoms. The van der Waals surface area contributed by atoms with Crippen molar-refractivity contribution < 1.29 is 14.1 Å². The molecule has 4 rings (SSSR count). The molecule has 2 fully saturated rings. The van der Waals surface area contributed by atoms with E-state index in [2.05, 4.69) is 10.1 Å². The van der Waals surface area contributed by atoms with Gasteiger partial charge in [0.2, 0.25) is 5.89 Å². The Balaban J connectivity index is 1.38. The Morgan fingerprint density at radius 3 is 2.84 bits per heavy atom. The van der Waals surface area contributed by atoms with Crippen LogP contribution in [0, 0.1) is 11.3 Å². The molecule has 1 amide bonds. The van der Waals surface area contributed by atoms with Gasteiger partial charge in [-0.3, -0.25) is 4.79 Å². The predicted octanol–water partition coefficient (Wildman–Crippen LogP) is 2.56. The maximum Gasteiger partial charge on any atom is 0.261 e. The monoisotopic (exact) mass is 338 g/mol. The summed E-state index contributed by atoms with van der Waals surface area (Å²) in [5, 5.41) is 12.9. The first-order valence-corrected chi connectivity index (χ1v) is 8.50. The summed E-state index contributed by atoms with van der Waals surface area (Å²) in [4.78, 5) is 18.8. The Bertz CT molecular complexity index is 804. The van der Waals surface area contributed by atoms with Crippen LogP contribution in [0.3, 0.4) is 0 Å². The number of nitriles is 1. The standard InChI is InChI=1S/C18H18N4O3/c19-10-12-3-7-14(8-4-12)24-11-16(23)22-9-1-2-15(22)17-20-18(25-21-17)13-5-6-13/h3-4,7-8,13,15H,1-2,5-6,9,11H2/t15-/m0/s1. The van der Waals surface area contributed by atoms with Gasteiger partial charge in [0, 0.05) is 12.5 Å². The molecule has 1 aliphatic heterocycles. The number of ether oxygens (including phenoxy) is 1. The Morgan fingerprint density at radius 2 is 2.12 bits per heavy atom. The summed E-state index contributed by atoms with van der Waals surface area (Å²) in [6, 6.07) is 8.62. The number of amides is 1. The second-order valence-electron chi connectivity index (χ2n) is 6.44. The van der Waals surface area contributed by atoms with E-state index in [1.807, 2.05) is 6.07 Å². The summed E-state index contributed by atoms with van der Waals surface area (Å²) in [6.07, 6.45) is 3.97. The van der Waals surface area contributed by atoms with Crippen molar-refractivity contribution in [2.45, 2.75) is 37.6 Å². The zero-order valence-corrected chi connectivity index (χ0v) is 13.7. The van der Waals surface area contributed by atoms with Crippen molar-refractivity contribution in [2.75, 3.05) is 13.2 Å². The zero-order chi connectivity index (χ0) is 17.2. The van der Waals surface area contributed by atoms with Crippen LogP contribution in [0.4, 0.5) is 0 Å². The van der Waals surface area contributed by atoms with Crippen LogP contribution in [-0.2, 0) is 4.79 Å². The summed E-state index contributed by atoms with van der Waals surface area (Å²) in [6.45, 7) is 0.628. The molecule has 0 unspecified atom stereocenters. The highest BCUT2D eigenvalue weighted by Gasteiger charge is 2.36. The van der Waals surface area contributed by atoms with E-state index < -0.39 is 0 Å². The smallest absolute Gasteiger partial charge is 0.261 e. The van der Waals surface area contributed by atoms with Crippen LogP contribution in [-0.4, -0.2) is 34.1 Å². The van der Waals surface area contributed by atoms with Crippen LogP contribution >= 0.6 is 0 Å². The molecule has 25 heavy (non-hydrogen) atoms. The Labute approximate surface area is 145 Å². The molecule has 1 saturated heterocycles. The first-order valence-electron chi connectivity index (χ1n) is 8.50. The molecule has 1 aliphatic carbocycles. The van der Waals surface area contributed by atoms with E-state index in [4.69, 9.17) is 14.5 Å². The van der Waals surface area contributed by atoms with Crippen LogP contribution in [0.25, 0.3) is 0 Å². The van der Waals surface area contributed by atoms with Crippen molar-refractivity contribution in [3.8, 4) is 11.8 Å². The Kier molecular flexibility index (Phi) is 4.10. The van der Waals surface area contributed by atoms with Crippen LogP contribution in [0.1, 0.15) is 54.9 Å². The van der Waals surface area contributed by atoms with Crippen LogP contribution in [0.2, 0.25) is 0 Å². The average Bonchev–Trinajstić information content (AvgIpc) is 3.18. The van der Waals surface area contributed by atoms with Gasteiger partial charge in [0.1, 0.15) is 5.75 Å². The molecule has 1 atom stereocenters. The van der Waals surface area contributed by atoms with Gasteiger partial charge in [-0.1, -0.05) is 5.16 Å². The van der Waals surface area contributed by atoms with Gasteiger partial charge >= 0.3 is 0 Å². The number of carbonyl (C=O) groups is 1. The number of carbonyl (C=O) groups excluding carboxylic acids is 1. The third-order valence-electron chi connectivity index (χ3n) is 4.60. The number of hydrogen-bond donors (Lipinski definition) is 0. The van der Waals surface area contributed by atoms with E-state index in [-0.39, 0.29) is 18.6 Å². The third kappa shape index (κ3) is 3.33. The molecular weight excluding hydrogens is 320 g/mol. The lowest BCUT2D eigenvalue weighted by Gasteiger charge is -2.22. The molecule has 0 bridgehead atoms. The molecule has 0 N–H and O–H groups in total. The summed E-state index contributed by atoms with van der Waals surface area (Å²) in [5.41, 5.74) is 0.557. The van der Waals surface area contributed by atoms with E-state index >= 15 is 0 Å². The Hall–Kier alpha value is -2.88. The van der Waals surface area contributed by atoms with Gasteiger partial charge < -0.3 is 14.2 Å². The normalized spacial score (nSPS) is 19.6. The fourth-order valence-electron chi connectivity index (χ4n) is 3.07. The SMILES string of the molecule is N#Cc1ccc(OCC(=O)N2CCC[C@H]2c2noc(C3CC3)n2)cc1. The molecule has 1 aromatic carbocycles. The second kappa shape index (κ2) is 6.55. The van der Waals surface area contributed by atoms with Crippen molar-refractivity contribution in [1.29, 1.82) is 5.26 Å². The molecule has 0 spiro atoms. The van der Waals surface area contributed by atoms with Gasteiger partial charge in [-0.25, -0.2) is 0 Å². The minimum absolute atomic E-state index is 0.0459. The van der Waals surface area contributed by atoms with E-state index in [0.29, 0.717) is 35.5 Å². The number of nitrogens with zero attached hydrogens (tertiary/aromatic N) is 4. The summed E-state index contributed by atoms with van der Waals surface area (Å²) >= 11 is 0. The summed E-state index contributed by atoms with van der Waals surface area (Å²) < 4.78 is 10.9. The summed E-state index contributed by atoms with van der Waals surface area (Å²) in [5.74, 6) is 2.18. The second-order valence-corrected chi connectivity index (χ2v) is 6.44. The molecule has 2 heterocycles. The largest absolute Gasteiger partial charge is 0.484 e. The number of aromatic nitrogens is 2. The van der Waals surface area contributed by atoms with Gasteiger partial charge in [-0.05, 0) is 49.9 Å². The minimum atomic E-state index is -0.131. The number of benzene rings is 1. The number of hydrogen-bond acceptors (Lipinski definition) is 6. The molecule has 2 aliphatic rings. The van der Waals surface area contributed by atoms with Gasteiger partial charge in [0.05, 0.1) is 17.7 Å². The summed E-state index contributed by atoms with van der Waals surface area (Å²) in [7, 11) is 0. The number of rotatable bonds is 5. The number of likely N-dealkylation sites (tertiary alicyclic amines) is 1. The zero-order valence-electron chi connectivity index (χ0n) is 13.7. The van der Waals surface area contributed by atoms with Crippen LogP contribution in [0.5, 0.6) is 5.75 Å². The molecule has 128 valence electrons. The molecule has 2 aromatic rings. The molecule has 7 nitrogen and oxygen atoms in total. The van der Waals surface area contributed by atoms with E-state index in [9.17, 15) is 4.79 Å². The fourth-order valence-corrected chi connectivity index (χ4v) is 3.07. The third-order valence-corrected chi connectivity index (χ3v) is 4.60. The molecule has 1 saturated carbocycles.